The van der Waals surface area contributed by atoms with Gasteiger partial charge in [-0.05, 0) is 44.9 Å². The van der Waals surface area contributed by atoms with E-state index in [0.29, 0.717) is 19.3 Å². The SMILES string of the molecule is CCCCCCCCC=CCCCCCCCC(=O)OC(COC(=O)CCCCCCCCCCCCCCCCC)C(=O)C(O)CCCCCCCCCCCCCCC. The van der Waals surface area contributed by atoms with Crippen molar-refractivity contribution in [3.8, 4) is 0 Å². The highest BCUT2D eigenvalue weighted by Crippen LogP contribution is 2.17. The summed E-state index contributed by atoms with van der Waals surface area (Å²) in [5.74, 6) is -1.37. The summed E-state index contributed by atoms with van der Waals surface area (Å²) in [6.45, 7) is 6.47. The van der Waals surface area contributed by atoms with Crippen molar-refractivity contribution < 1.29 is 29.0 Å². The Bertz CT molecular complexity index is 962. The molecule has 61 heavy (non-hydrogen) atoms. The molecule has 0 heterocycles. The van der Waals surface area contributed by atoms with Gasteiger partial charge in [-0.1, -0.05) is 258 Å². The van der Waals surface area contributed by atoms with Gasteiger partial charge in [0.05, 0.1) is 0 Å². The van der Waals surface area contributed by atoms with Gasteiger partial charge in [0.25, 0.3) is 0 Å². The number of rotatable bonds is 50. The minimum Gasteiger partial charge on any atom is -0.461 e. The Kier molecular flexibility index (Phi) is 48.0. The maximum atomic E-state index is 13.3. The highest BCUT2D eigenvalue weighted by Gasteiger charge is 2.30. The first-order valence-corrected chi connectivity index (χ1v) is 27.2. The van der Waals surface area contributed by atoms with Gasteiger partial charge in [0.2, 0.25) is 5.78 Å². The zero-order valence-corrected chi connectivity index (χ0v) is 41.1. The molecule has 6 heteroatoms. The fraction of sp³-hybridized carbons (Fsp3) is 0.909. The topological polar surface area (TPSA) is 89.9 Å². The lowest BCUT2D eigenvalue weighted by molar-refractivity contribution is -0.166. The number of unbranched alkanes of at least 4 members (excludes halogenated alkanes) is 37. The van der Waals surface area contributed by atoms with Gasteiger partial charge in [-0.2, -0.15) is 0 Å². The van der Waals surface area contributed by atoms with Gasteiger partial charge in [-0.3, -0.25) is 14.4 Å². The predicted octanol–water partition coefficient (Wildman–Crippen LogP) is 17.2. The van der Waals surface area contributed by atoms with Crippen LogP contribution in [0.2, 0.25) is 0 Å². The summed E-state index contributed by atoms with van der Waals surface area (Å²) in [6, 6.07) is 0. The second kappa shape index (κ2) is 49.3. The summed E-state index contributed by atoms with van der Waals surface area (Å²) in [4.78, 5) is 38.9. The van der Waals surface area contributed by atoms with Gasteiger partial charge in [0.15, 0.2) is 6.10 Å². The van der Waals surface area contributed by atoms with Crippen LogP contribution in [0.25, 0.3) is 0 Å². The van der Waals surface area contributed by atoms with Crippen LogP contribution in [0.1, 0.15) is 303 Å². The van der Waals surface area contributed by atoms with Crippen LogP contribution in [0.4, 0.5) is 0 Å². The lowest BCUT2D eigenvalue weighted by Gasteiger charge is -2.20. The van der Waals surface area contributed by atoms with Gasteiger partial charge in [-0.15, -0.1) is 0 Å². The standard InChI is InChI=1S/C55H104O6/c1-4-7-10-13-16-19-22-25-27-30-33-36-39-42-45-48-53(57)60-50-52(55(59)51(56)47-44-41-38-35-32-29-24-21-18-15-12-9-6-3)61-54(58)49-46-43-40-37-34-31-28-26-23-20-17-14-11-8-5-2/h26,28,51-52,56H,4-25,27,29-50H2,1-3H3. The maximum absolute atomic E-state index is 13.3. The Morgan fingerprint density at radius 1 is 0.393 bits per heavy atom. The van der Waals surface area contributed by atoms with Crippen molar-refractivity contribution in [1.29, 1.82) is 0 Å². The van der Waals surface area contributed by atoms with Crippen molar-refractivity contribution in [2.24, 2.45) is 0 Å². The number of allylic oxidation sites excluding steroid dienone is 2. The van der Waals surface area contributed by atoms with E-state index in [1.807, 2.05) is 0 Å². The zero-order valence-electron chi connectivity index (χ0n) is 41.1. The first-order chi connectivity index (χ1) is 30.0. The molecule has 0 aromatic carbocycles. The number of esters is 2. The van der Waals surface area contributed by atoms with E-state index in [2.05, 4.69) is 32.9 Å². The van der Waals surface area contributed by atoms with Crippen LogP contribution in [-0.2, 0) is 23.9 Å². The van der Waals surface area contributed by atoms with Crippen LogP contribution in [0, 0.1) is 0 Å². The largest absolute Gasteiger partial charge is 0.461 e. The summed E-state index contributed by atoms with van der Waals surface area (Å²) in [6.07, 6.45) is 53.3. The van der Waals surface area contributed by atoms with Crippen LogP contribution >= 0.6 is 0 Å². The highest BCUT2D eigenvalue weighted by atomic mass is 16.6. The Morgan fingerprint density at radius 3 is 1.05 bits per heavy atom. The third-order valence-corrected chi connectivity index (χ3v) is 12.5. The van der Waals surface area contributed by atoms with Crippen LogP contribution in [0.3, 0.4) is 0 Å². The maximum Gasteiger partial charge on any atom is 0.306 e. The molecule has 0 aliphatic heterocycles. The van der Waals surface area contributed by atoms with Crippen molar-refractivity contribution in [2.75, 3.05) is 6.61 Å². The minimum absolute atomic E-state index is 0.226. The number of hydrogen-bond donors (Lipinski definition) is 1. The molecular formula is C55H104O6. The van der Waals surface area contributed by atoms with E-state index < -0.39 is 24.0 Å². The molecule has 0 aromatic rings. The Hall–Kier alpha value is -1.69. The molecule has 0 radical (unpaired) electrons. The van der Waals surface area contributed by atoms with Gasteiger partial charge >= 0.3 is 11.9 Å². The van der Waals surface area contributed by atoms with Crippen LogP contribution in [0.15, 0.2) is 12.2 Å². The lowest BCUT2D eigenvalue weighted by atomic mass is 10.0. The summed E-state index contributed by atoms with van der Waals surface area (Å²) < 4.78 is 11.1. The molecule has 0 amide bonds. The summed E-state index contributed by atoms with van der Waals surface area (Å²) in [5.41, 5.74) is 0. The fourth-order valence-corrected chi connectivity index (χ4v) is 8.33. The number of Topliss-reactive ketones (excluding diaryl/α,β-unsaturated/α-hetero) is 1. The van der Waals surface area contributed by atoms with E-state index in [9.17, 15) is 19.5 Å². The number of ether oxygens (including phenoxy) is 2. The van der Waals surface area contributed by atoms with Crippen LogP contribution in [0.5, 0.6) is 0 Å². The fourth-order valence-electron chi connectivity index (χ4n) is 8.33. The molecule has 0 rings (SSSR count). The molecule has 0 fully saturated rings. The van der Waals surface area contributed by atoms with Crippen molar-refractivity contribution in [2.45, 2.75) is 315 Å². The average molecular weight is 861 g/mol. The van der Waals surface area contributed by atoms with Crippen LogP contribution < -0.4 is 0 Å². The van der Waals surface area contributed by atoms with Crippen molar-refractivity contribution in [1.82, 2.24) is 0 Å². The number of carbonyl (C=O) groups excluding carboxylic acids is 3. The third-order valence-electron chi connectivity index (χ3n) is 12.5. The predicted molar refractivity (Wildman–Crippen MR) is 261 cm³/mol. The number of aliphatic hydroxyl groups excluding tert-OH is 1. The monoisotopic (exact) mass is 861 g/mol. The van der Waals surface area contributed by atoms with E-state index in [0.717, 1.165) is 70.6 Å². The quantitative estimate of drug-likeness (QED) is 0.0372. The van der Waals surface area contributed by atoms with Gasteiger partial charge in [0.1, 0.15) is 12.7 Å². The van der Waals surface area contributed by atoms with Gasteiger partial charge in [-0.25, -0.2) is 0 Å². The molecule has 0 saturated heterocycles. The number of aliphatic hydroxyl groups is 1. The molecule has 6 nitrogen and oxygen atoms in total. The highest BCUT2D eigenvalue weighted by molar-refractivity contribution is 5.89. The van der Waals surface area contributed by atoms with E-state index in [4.69, 9.17) is 9.47 Å². The molecule has 2 atom stereocenters. The molecule has 0 aromatic heterocycles. The number of carbonyl (C=O) groups is 3. The van der Waals surface area contributed by atoms with E-state index in [-0.39, 0.29) is 19.0 Å². The minimum atomic E-state index is -1.25. The smallest absolute Gasteiger partial charge is 0.306 e. The Morgan fingerprint density at radius 2 is 0.689 bits per heavy atom. The molecule has 0 aliphatic carbocycles. The summed E-state index contributed by atoms with van der Waals surface area (Å²) in [5, 5.41) is 10.8. The molecule has 0 bridgehead atoms. The lowest BCUT2D eigenvalue weighted by Crippen LogP contribution is -2.39. The van der Waals surface area contributed by atoms with Gasteiger partial charge < -0.3 is 14.6 Å². The van der Waals surface area contributed by atoms with Gasteiger partial charge in [0, 0.05) is 12.8 Å². The second-order valence-corrected chi connectivity index (χ2v) is 18.6. The normalized spacial score (nSPS) is 12.6. The first kappa shape index (κ1) is 59.3. The molecule has 0 aliphatic rings. The summed E-state index contributed by atoms with van der Waals surface area (Å²) >= 11 is 0. The number of ketones is 1. The van der Waals surface area contributed by atoms with E-state index in [1.165, 1.54) is 186 Å². The van der Waals surface area contributed by atoms with Crippen LogP contribution in [-0.4, -0.2) is 41.6 Å². The van der Waals surface area contributed by atoms with E-state index >= 15 is 0 Å². The molecule has 0 spiro atoms. The molecule has 2 unspecified atom stereocenters. The molecule has 0 saturated carbocycles. The molecular weight excluding hydrogens is 757 g/mol. The Labute approximate surface area is 379 Å². The second-order valence-electron chi connectivity index (χ2n) is 18.6. The molecule has 1 N–H and O–H groups in total. The third kappa shape index (κ3) is 44.7. The number of hydrogen-bond acceptors (Lipinski definition) is 6. The summed E-state index contributed by atoms with van der Waals surface area (Å²) in [7, 11) is 0. The first-order valence-electron chi connectivity index (χ1n) is 27.2. The molecule has 360 valence electrons. The Balaban J connectivity index is 4.46. The van der Waals surface area contributed by atoms with E-state index in [1.54, 1.807) is 0 Å². The zero-order chi connectivity index (χ0) is 44.5. The van der Waals surface area contributed by atoms with Crippen molar-refractivity contribution in [3.05, 3.63) is 12.2 Å². The van der Waals surface area contributed by atoms with Crippen molar-refractivity contribution in [3.63, 3.8) is 0 Å². The average Bonchev–Trinajstić information content (AvgIpc) is 3.26. The van der Waals surface area contributed by atoms with Crippen molar-refractivity contribution >= 4 is 17.7 Å².